The topological polar surface area (TPSA) is 29.5 Å². The lowest BCUT2D eigenvalue weighted by Gasteiger charge is -2.33. The van der Waals surface area contributed by atoms with Gasteiger partial charge in [0.25, 0.3) is 0 Å². The first kappa shape index (κ1) is 13.0. The molecule has 0 aromatic heterocycles. The zero-order valence-corrected chi connectivity index (χ0v) is 11.0. The van der Waals surface area contributed by atoms with E-state index < -0.39 is 0 Å². The lowest BCUT2D eigenvalue weighted by molar-refractivity contribution is -0.127. The molecule has 2 rings (SSSR count). The molecule has 2 aliphatic rings. The Morgan fingerprint density at radius 1 is 1.29 bits per heavy atom. The molecule has 1 saturated carbocycles. The van der Waals surface area contributed by atoms with Gasteiger partial charge in [-0.1, -0.05) is 26.2 Å². The van der Waals surface area contributed by atoms with Crippen LogP contribution in [0.15, 0.2) is 0 Å². The van der Waals surface area contributed by atoms with Crippen LogP contribution in [0.3, 0.4) is 0 Å². The maximum Gasteiger partial charge on any atom is 0.149 e. The fourth-order valence-corrected chi connectivity index (χ4v) is 2.95. The van der Waals surface area contributed by atoms with Crippen LogP contribution in [0.2, 0.25) is 0 Å². The number of rotatable bonds is 4. The standard InChI is InChI=1S/C14H25NO2/c1-2-13-10-15(8-9-17-13)11-14(16)12-6-4-3-5-7-12/h12-13H,2-11H2,1H3. The third kappa shape index (κ3) is 3.78. The van der Waals surface area contributed by atoms with E-state index in [1.807, 2.05) is 0 Å². The normalized spacial score (nSPS) is 28.2. The van der Waals surface area contributed by atoms with Crippen LogP contribution in [-0.2, 0) is 9.53 Å². The van der Waals surface area contributed by atoms with Crippen molar-refractivity contribution in [2.24, 2.45) is 5.92 Å². The number of ketones is 1. The van der Waals surface area contributed by atoms with Crippen LogP contribution in [0, 0.1) is 5.92 Å². The van der Waals surface area contributed by atoms with Crippen LogP contribution in [-0.4, -0.2) is 43.0 Å². The maximum absolute atomic E-state index is 12.2. The molecule has 0 amide bonds. The Hall–Kier alpha value is -0.410. The Morgan fingerprint density at radius 2 is 2.06 bits per heavy atom. The third-order valence-corrected chi connectivity index (χ3v) is 4.12. The van der Waals surface area contributed by atoms with Gasteiger partial charge in [0, 0.05) is 19.0 Å². The van der Waals surface area contributed by atoms with E-state index >= 15 is 0 Å². The summed E-state index contributed by atoms with van der Waals surface area (Å²) in [4.78, 5) is 14.5. The van der Waals surface area contributed by atoms with Gasteiger partial charge in [0.15, 0.2) is 0 Å². The van der Waals surface area contributed by atoms with Crippen LogP contribution in [0.25, 0.3) is 0 Å². The van der Waals surface area contributed by atoms with Gasteiger partial charge in [0.1, 0.15) is 5.78 Å². The van der Waals surface area contributed by atoms with Gasteiger partial charge in [-0.2, -0.15) is 0 Å². The van der Waals surface area contributed by atoms with Crippen molar-refractivity contribution >= 4 is 5.78 Å². The molecule has 1 aliphatic carbocycles. The van der Waals surface area contributed by atoms with Crippen molar-refractivity contribution in [3.8, 4) is 0 Å². The Morgan fingerprint density at radius 3 is 2.76 bits per heavy atom. The van der Waals surface area contributed by atoms with Crippen molar-refractivity contribution < 1.29 is 9.53 Å². The van der Waals surface area contributed by atoms with Crippen molar-refractivity contribution in [1.82, 2.24) is 4.90 Å². The Labute approximate surface area is 105 Å². The summed E-state index contributed by atoms with van der Waals surface area (Å²) in [6, 6.07) is 0. The Bertz CT molecular complexity index is 249. The monoisotopic (exact) mass is 239 g/mol. The molecule has 98 valence electrons. The smallest absolute Gasteiger partial charge is 0.149 e. The minimum absolute atomic E-state index is 0.336. The molecule has 0 N–H and O–H groups in total. The zero-order chi connectivity index (χ0) is 12.1. The fourth-order valence-electron chi connectivity index (χ4n) is 2.95. The van der Waals surface area contributed by atoms with Gasteiger partial charge in [-0.3, -0.25) is 9.69 Å². The second-order valence-corrected chi connectivity index (χ2v) is 5.44. The van der Waals surface area contributed by atoms with E-state index in [1.54, 1.807) is 0 Å². The molecule has 2 fully saturated rings. The third-order valence-electron chi connectivity index (χ3n) is 4.12. The Kier molecular flexibility index (Phi) is 4.99. The van der Waals surface area contributed by atoms with E-state index in [9.17, 15) is 4.79 Å². The molecule has 0 bridgehead atoms. The van der Waals surface area contributed by atoms with Crippen molar-refractivity contribution in [3.63, 3.8) is 0 Å². The van der Waals surface area contributed by atoms with E-state index in [0.29, 0.717) is 24.3 Å². The quantitative estimate of drug-likeness (QED) is 0.753. The molecule has 0 radical (unpaired) electrons. The highest BCUT2D eigenvalue weighted by Gasteiger charge is 2.25. The summed E-state index contributed by atoms with van der Waals surface area (Å²) >= 11 is 0. The van der Waals surface area contributed by atoms with Gasteiger partial charge in [0.2, 0.25) is 0 Å². The zero-order valence-electron chi connectivity index (χ0n) is 11.0. The summed E-state index contributed by atoms with van der Waals surface area (Å²) in [6.45, 7) is 5.46. The summed E-state index contributed by atoms with van der Waals surface area (Å²) in [5, 5.41) is 0. The number of hydrogen-bond donors (Lipinski definition) is 0. The average molecular weight is 239 g/mol. The van der Waals surface area contributed by atoms with Gasteiger partial charge >= 0.3 is 0 Å². The summed E-state index contributed by atoms with van der Waals surface area (Å²) in [7, 11) is 0. The van der Waals surface area contributed by atoms with Crippen LogP contribution < -0.4 is 0 Å². The summed E-state index contributed by atoms with van der Waals surface area (Å²) in [5.41, 5.74) is 0. The molecule has 0 spiro atoms. The van der Waals surface area contributed by atoms with Crippen LogP contribution >= 0.6 is 0 Å². The number of carbonyl (C=O) groups is 1. The second-order valence-electron chi connectivity index (χ2n) is 5.44. The molecule has 1 unspecified atom stereocenters. The number of nitrogens with zero attached hydrogens (tertiary/aromatic N) is 1. The second kappa shape index (κ2) is 6.50. The van der Waals surface area contributed by atoms with E-state index in [0.717, 1.165) is 39.0 Å². The first-order valence-corrected chi connectivity index (χ1v) is 7.16. The Balaban J connectivity index is 1.77. The largest absolute Gasteiger partial charge is 0.376 e. The molecule has 1 atom stereocenters. The predicted octanol–water partition coefficient (Wildman–Crippen LogP) is 2.25. The molecule has 1 aliphatic heterocycles. The van der Waals surface area contributed by atoms with Crippen molar-refractivity contribution in [3.05, 3.63) is 0 Å². The van der Waals surface area contributed by atoms with Crippen LogP contribution in [0.5, 0.6) is 0 Å². The first-order chi connectivity index (χ1) is 8.29. The molecule has 17 heavy (non-hydrogen) atoms. The molecule has 1 heterocycles. The molecular formula is C14H25NO2. The van der Waals surface area contributed by atoms with Crippen LogP contribution in [0.1, 0.15) is 45.4 Å². The molecule has 0 aromatic rings. The van der Waals surface area contributed by atoms with Crippen molar-refractivity contribution in [2.45, 2.75) is 51.6 Å². The molecule has 1 saturated heterocycles. The number of hydrogen-bond acceptors (Lipinski definition) is 3. The lowest BCUT2D eigenvalue weighted by atomic mass is 9.86. The van der Waals surface area contributed by atoms with E-state index in [4.69, 9.17) is 4.74 Å². The minimum atomic E-state index is 0.336. The van der Waals surface area contributed by atoms with Gasteiger partial charge in [-0.15, -0.1) is 0 Å². The molecule has 3 heteroatoms. The number of Topliss-reactive ketones (excluding diaryl/α,β-unsaturated/α-hetero) is 1. The number of morpholine rings is 1. The summed E-state index contributed by atoms with van der Waals surface area (Å²) < 4.78 is 5.63. The number of ether oxygens (including phenoxy) is 1. The van der Waals surface area contributed by atoms with Crippen molar-refractivity contribution in [2.75, 3.05) is 26.2 Å². The average Bonchev–Trinajstić information content (AvgIpc) is 2.40. The van der Waals surface area contributed by atoms with Gasteiger partial charge in [-0.25, -0.2) is 0 Å². The maximum atomic E-state index is 12.2. The summed E-state index contributed by atoms with van der Waals surface area (Å²) in [6.07, 6.45) is 7.45. The van der Waals surface area contributed by atoms with E-state index in [2.05, 4.69) is 11.8 Å². The summed E-state index contributed by atoms with van der Waals surface area (Å²) in [5.74, 6) is 0.827. The number of carbonyl (C=O) groups excluding carboxylic acids is 1. The fraction of sp³-hybridized carbons (Fsp3) is 0.929. The van der Waals surface area contributed by atoms with Gasteiger partial charge in [-0.05, 0) is 19.3 Å². The minimum Gasteiger partial charge on any atom is -0.376 e. The SMILES string of the molecule is CCC1CN(CC(=O)C2CCCCC2)CCO1. The van der Waals surface area contributed by atoms with Gasteiger partial charge < -0.3 is 4.74 Å². The molecular weight excluding hydrogens is 214 g/mol. The van der Waals surface area contributed by atoms with E-state index in [1.165, 1.54) is 19.3 Å². The van der Waals surface area contributed by atoms with Crippen molar-refractivity contribution in [1.29, 1.82) is 0 Å². The lowest BCUT2D eigenvalue weighted by Crippen LogP contribution is -2.45. The van der Waals surface area contributed by atoms with E-state index in [-0.39, 0.29) is 0 Å². The highest BCUT2D eigenvalue weighted by Crippen LogP contribution is 2.24. The highest BCUT2D eigenvalue weighted by atomic mass is 16.5. The molecule has 0 aromatic carbocycles. The van der Waals surface area contributed by atoms with Gasteiger partial charge in [0.05, 0.1) is 19.3 Å². The molecule has 3 nitrogen and oxygen atoms in total. The predicted molar refractivity (Wildman–Crippen MR) is 68.1 cm³/mol. The first-order valence-electron chi connectivity index (χ1n) is 7.16. The highest BCUT2D eigenvalue weighted by molar-refractivity contribution is 5.83. The van der Waals surface area contributed by atoms with Crippen LogP contribution in [0.4, 0.5) is 0 Å².